The minimum Gasteiger partial charge on any atom is -0.339 e. The van der Waals surface area contributed by atoms with E-state index in [1.54, 1.807) is 24.3 Å². The number of aryl methyl sites for hydroxylation is 1. The van der Waals surface area contributed by atoms with Gasteiger partial charge in [0.2, 0.25) is 0 Å². The number of hydrogen-bond acceptors (Lipinski definition) is 3. The van der Waals surface area contributed by atoms with E-state index >= 15 is 0 Å². The average molecular weight is 309 g/mol. The van der Waals surface area contributed by atoms with Gasteiger partial charge in [-0.3, -0.25) is 14.6 Å². The van der Waals surface area contributed by atoms with Crippen molar-refractivity contribution in [2.45, 2.75) is 19.8 Å². The summed E-state index contributed by atoms with van der Waals surface area (Å²) < 4.78 is 0. The van der Waals surface area contributed by atoms with E-state index in [2.05, 4.69) is 10.3 Å². The molecule has 0 spiro atoms. The van der Waals surface area contributed by atoms with E-state index in [1.807, 2.05) is 24.0 Å². The number of rotatable bonds is 3. The van der Waals surface area contributed by atoms with Crippen molar-refractivity contribution in [3.63, 3.8) is 0 Å². The van der Waals surface area contributed by atoms with Gasteiger partial charge in [-0.1, -0.05) is 12.1 Å². The van der Waals surface area contributed by atoms with Gasteiger partial charge in [-0.2, -0.15) is 0 Å². The van der Waals surface area contributed by atoms with Gasteiger partial charge in [0.05, 0.1) is 16.8 Å². The third-order valence-corrected chi connectivity index (χ3v) is 3.97. The molecule has 0 atom stereocenters. The third-order valence-electron chi connectivity index (χ3n) is 3.97. The topological polar surface area (TPSA) is 62.3 Å². The second kappa shape index (κ2) is 6.60. The molecule has 1 aromatic carbocycles. The van der Waals surface area contributed by atoms with Gasteiger partial charge < -0.3 is 10.2 Å². The summed E-state index contributed by atoms with van der Waals surface area (Å²) >= 11 is 0. The second-order valence-corrected chi connectivity index (χ2v) is 5.69. The molecular formula is C18H19N3O2. The number of aromatic nitrogens is 1. The fourth-order valence-corrected chi connectivity index (χ4v) is 2.67. The summed E-state index contributed by atoms with van der Waals surface area (Å²) in [7, 11) is 0. The predicted octanol–water partition coefficient (Wildman–Crippen LogP) is 2.88. The highest BCUT2D eigenvalue weighted by molar-refractivity contribution is 6.08. The molecule has 3 rings (SSSR count). The first-order chi connectivity index (χ1) is 11.1. The van der Waals surface area contributed by atoms with Crippen LogP contribution in [-0.2, 0) is 0 Å². The fourth-order valence-electron chi connectivity index (χ4n) is 2.67. The van der Waals surface area contributed by atoms with Gasteiger partial charge in [-0.25, -0.2) is 0 Å². The highest BCUT2D eigenvalue weighted by Gasteiger charge is 2.22. The number of anilines is 1. The number of para-hydroxylation sites is 1. The van der Waals surface area contributed by atoms with Gasteiger partial charge in [0.1, 0.15) is 0 Å². The number of nitrogens with one attached hydrogen (secondary N) is 1. The van der Waals surface area contributed by atoms with Gasteiger partial charge in [0.15, 0.2) is 0 Å². The Morgan fingerprint density at radius 3 is 2.52 bits per heavy atom. The van der Waals surface area contributed by atoms with Crippen LogP contribution in [0.5, 0.6) is 0 Å². The molecule has 1 aromatic heterocycles. The summed E-state index contributed by atoms with van der Waals surface area (Å²) in [5.74, 6) is -0.292. The largest absolute Gasteiger partial charge is 0.339 e. The van der Waals surface area contributed by atoms with Gasteiger partial charge in [0, 0.05) is 25.0 Å². The third kappa shape index (κ3) is 3.39. The minimum absolute atomic E-state index is 0.0274. The number of nitrogens with zero attached hydrogens (tertiary/aromatic N) is 2. The molecule has 118 valence electrons. The average Bonchev–Trinajstić information content (AvgIpc) is 3.10. The van der Waals surface area contributed by atoms with Crippen LogP contribution in [0.2, 0.25) is 0 Å². The van der Waals surface area contributed by atoms with Crippen molar-refractivity contribution in [3.8, 4) is 0 Å². The lowest BCUT2D eigenvalue weighted by Crippen LogP contribution is -2.28. The normalized spacial score (nSPS) is 13.9. The lowest BCUT2D eigenvalue weighted by Gasteiger charge is -2.18. The summed E-state index contributed by atoms with van der Waals surface area (Å²) in [5.41, 5.74) is 2.39. The Bertz CT molecular complexity index is 719. The highest BCUT2D eigenvalue weighted by atomic mass is 16.2. The smallest absolute Gasteiger partial charge is 0.257 e. The molecule has 1 aliphatic heterocycles. The van der Waals surface area contributed by atoms with Crippen LogP contribution in [0, 0.1) is 6.92 Å². The second-order valence-electron chi connectivity index (χ2n) is 5.69. The van der Waals surface area contributed by atoms with E-state index in [0.29, 0.717) is 16.8 Å². The number of carbonyl (C=O) groups excluding carboxylic acids is 2. The maximum Gasteiger partial charge on any atom is 0.257 e. The van der Waals surface area contributed by atoms with Gasteiger partial charge in [0.25, 0.3) is 11.8 Å². The van der Waals surface area contributed by atoms with E-state index in [9.17, 15) is 9.59 Å². The molecule has 1 aliphatic rings. The summed E-state index contributed by atoms with van der Waals surface area (Å²) in [6.07, 6.45) is 3.61. The van der Waals surface area contributed by atoms with E-state index in [-0.39, 0.29) is 11.8 Å². The summed E-state index contributed by atoms with van der Waals surface area (Å²) in [4.78, 5) is 30.9. The zero-order valence-corrected chi connectivity index (χ0v) is 13.1. The zero-order valence-electron chi connectivity index (χ0n) is 13.1. The van der Waals surface area contributed by atoms with Crippen LogP contribution in [0.3, 0.4) is 0 Å². The molecule has 0 saturated carbocycles. The van der Waals surface area contributed by atoms with E-state index in [0.717, 1.165) is 31.6 Å². The number of carbonyl (C=O) groups is 2. The number of benzene rings is 1. The number of pyridine rings is 1. The molecule has 2 amide bonds. The number of likely N-dealkylation sites (tertiary alicyclic amines) is 1. The fraction of sp³-hybridized carbons (Fsp3) is 0.278. The van der Waals surface area contributed by atoms with Crippen molar-refractivity contribution < 1.29 is 9.59 Å². The zero-order chi connectivity index (χ0) is 16.2. The monoisotopic (exact) mass is 309 g/mol. The first-order valence-electron chi connectivity index (χ1n) is 7.77. The standard InChI is InChI=1S/C18H19N3O2/c1-13-8-9-14(12-19-13)17(22)20-16-7-3-2-6-15(16)18(23)21-10-4-5-11-21/h2-3,6-9,12H,4-5,10-11H2,1H3,(H,20,22). The lowest BCUT2D eigenvalue weighted by atomic mass is 10.1. The molecular weight excluding hydrogens is 290 g/mol. The van der Waals surface area contributed by atoms with E-state index in [4.69, 9.17) is 0 Å². The van der Waals surface area contributed by atoms with Crippen LogP contribution in [0.1, 0.15) is 39.3 Å². The predicted molar refractivity (Wildman–Crippen MR) is 88.5 cm³/mol. The maximum absolute atomic E-state index is 12.6. The Morgan fingerprint density at radius 1 is 1.09 bits per heavy atom. The van der Waals surface area contributed by atoms with Crippen molar-refractivity contribution in [2.75, 3.05) is 18.4 Å². The Balaban J connectivity index is 1.81. The SMILES string of the molecule is Cc1ccc(C(=O)Nc2ccccc2C(=O)N2CCCC2)cn1. The highest BCUT2D eigenvalue weighted by Crippen LogP contribution is 2.20. The molecule has 1 fully saturated rings. The molecule has 0 unspecified atom stereocenters. The molecule has 2 heterocycles. The van der Waals surface area contributed by atoms with Crippen molar-refractivity contribution in [3.05, 3.63) is 59.4 Å². The molecule has 0 radical (unpaired) electrons. The van der Waals surface area contributed by atoms with Crippen LogP contribution < -0.4 is 5.32 Å². The lowest BCUT2D eigenvalue weighted by molar-refractivity contribution is 0.0794. The molecule has 0 bridgehead atoms. The van der Waals surface area contributed by atoms with E-state index < -0.39 is 0 Å². The Labute approximate surface area is 135 Å². The molecule has 23 heavy (non-hydrogen) atoms. The van der Waals surface area contributed by atoms with E-state index in [1.165, 1.54) is 6.20 Å². The Morgan fingerprint density at radius 2 is 1.83 bits per heavy atom. The summed E-state index contributed by atoms with van der Waals surface area (Å²) in [6, 6.07) is 10.6. The van der Waals surface area contributed by atoms with Crippen LogP contribution in [0.15, 0.2) is 42.6 Å². The van der Waals surface area contributed by atoms with Crippen LogP contribution in [-0.4, -0.2) is 34.8 Å². The molecule has 2 aromatic rings. The summed E-state index contributed by atoms with van der Waals surface area (Å²) in [5, 5.41) is 2.82. The maximum atomic E-state index is 12.6. The van der Waals surface area contributed by atoms with Gasteiger partial charge >= 0.3 is 0 Å². The number of amides is 2. The number of hydrogen-bond donors (Lipinski definition) is 1. The van der Waals surface area contributed by atoms with Crippen molar-refractivity contribution in [2.24, 2.45) is 0 Å². The quantitative estimate of drug-likeness (QED) is 0.948. The molecule has 0 aliphatic carbocycles. The molecule has 1 N–H and O–H groups in total. The van der Waals surface area contributed by atoms with Crippen molar-refractivity contribution in [1.29, 1.82) is 0 Å². The molecule has 5 nitrogen and oxygen atoms in total. The summed E-state index contributed by atoms with van der Waals surface area (Å²) in [6.45, 7) is 3.43. The van der Waals surface area contributed by atoms with Gasteiger partial charge in [-0.05, 0) is 44.0 Å². The van der Waals surface area contributed by atoms with Crippen LogP contribution in [0.4, 0.5) is 5.69 Å². The minimum atomic E-state index is -0.265. The van der Waals surface area contributed by atoms with Gasteiger partial charge in [-0.15, -0.1) is 0 Å². The first kappa shape index (κ1) is 15.2. The van der Waals surface area contributed by atoms with Crippen molar-refractivity contribution >= 4 is 17.5 Å². The Kier molecular flexibility index (Phi) is 4.37. The first-order valence-corrected chi connectivity index (χ1v) is 7.77. The molecule has 5 heteroatoms. The van der Waals surface area contributed by atoms with Crippen LogP contribution >= 0.6 is 0 Å². The molecule has 1 saturated heterocycles. The Hall–Kier alpha value is -2.69. The van der Waals surface area contributed by atoms with Crippen molar-refractivity contribution in [1.82, 2.24) is 9.88 Å². The van der Waals surface area contributed by atoms with Crippen LogP contribution in [0.25, 0.3) is 0 Å².